The van der Waals surface area contributed by atoms with Crippen molar-refractivity contribution in [2.75, 3.05) is 19.0 Å². The Balaban J connectivity index is 1.70. The van der Waals surface area contributed by atoms with E-state index in [9.17, 15) is 0 Å². The fourth-order valence-electron chi connectivity index (χ4n) is 2.84. The molecular weight excluding hydrogens is 316 g/mol. The maximum Gasteiger partial charge on any atom is 0.241 e. The van der Waals surface area contributed by atoms with Gasteiger partial charge in [-0.25, -0.2) is 19.5 Å². The minimum absolute atomic E-state index is 0.134. The van der Waals surface area contributed by atoms with Crippen molar-refractivity contribution in [3.63, 3.8) is 0 Å². The minimum Gasteiger partial charge on any atom is -0.383 e. The first-order valence-corrected chi connectivity index (χ1v) is 8.05. The Bertz CT molecular complexity index is 1030. The highest BCUT2D eigenvalue weighted by molar-refractivity contribution is 5.86. The number of nitrogens with one attached hydrogen (secondary N) is 1. The summed E-state index contributed by atoms with van der Waals surface area (Å²) in [5.74, 6) is 0.569. The van der Waals surface area contributed by atoms with Crippen molar-refractivity contribution in [2.45, 2.75) is 13.0 Å². The highest BCUT2D eigenvalue weighted by Crippen LogP contribution is 2.26. The lowest BCUT2D eigenvalue weighted by atomic mass is 10.1. The van der Waals surface area contributed by atoms with Gasteiger partial charge in [0.2, 0.25) is 5.95 Å². The minimum atomic E-state index is 0.134. The normalized spacial score (nSPS) is 12.6. The quantitative estimate of drug-likeness (QED) is 0.605. The number of rotatable bonds is 5. The Morgan fingerprint density at radius 3 is 3.00 bits per heavy atom. The van der Waals surface area contributed by atoms with E-state index in [0.29, 0.717) is 12.6 Å². The van der Waals surface area contributed by atoms with E-state index in [4.69, 9.17) is 4.74 Å². The molecule has 4 heterocycles. The third-order valence-corrected chi connectivity index (χ3v) is 3.97. The van der Waals surface area contributed by atoms with Crippen molar-refractivity contribution in [3.05, 3.63) is 49.1 Å². The average molecular weight is 334 g/mol. The van der Waals surface area contributed by atoms with E-state index in [-0.39, 0.29) is 6.04 Å². The van der Waals surface area contributed by atoms with Gasteiger partial charge in [-0.05, 0) is 31.2 Å². The molecule has 0 aromatic carbocycles. The third kappa shape index (κ3) is 3.01. The van der Waals surface area contributed by atoms with Crippen molar-refractivity contribution < 1.29 is 4.74 Å². The van der Waals surface area contributed by atoms with Gasteiger partial charge in [-0.3, -0.25) is 0 Å². The van der Waals surface area contributed by atoms with Crippen LogP contribution in [0.4, 0.5) is 5.95 Å². The zero-order chi connectivity index (χ0) is 17.2. The predicted octanol–water partition coefficient (Wildman–Crippen LogP) is 2.79. The molecule has 7 nitrogen and oxygen atoms in total. The summed E-state index contributed by atoms with van der Waals surface area (Å²) < 4.78 is 6.94. The monoisotopic (exact) mass is 334 g/mol. The van der Waals surface area contributed by atoms with Crippen LogP contribution in [0.5, 0.6) is 0 Å². The molecule has 25 heavy (non-hydrogen) atoms. The Kier molecular flexibility index (Phi) is 3.99. The van der Waals surface area contributed by atoms with E-state index in [1.54, 1.807) is 13.3 Å². The highest BCUT2D eigenvalue weighted by Gasteiger charge is 2.10. The second-order valence-electron chi connectivity index (χ2n) is 5.92. The average Bonchev–Trinajstić information content (AvgIpc) is 3.04. The first-order chi connectivity index (χ1) is 12.2. The summed E-state index contributed by atoms with van der Waals surface area (Å²) in [6.07, 6.45) is 7.32. The molecule has 0 amide bonds. The van der Waals surface area contributed by atoms with Crippen molar-refractivity contribution in [1.82, 2.24) is 24.6 Å². The first kappa shape index (κ1) is 15.5. The van der Waals surface area contributed by atoms with E-state index in [0.717, 1.165) is 27.7 Å². The van der Waals surface area contributed by atoms with Crippen molar-refractivity contribution in [1.29, 1.82) is 0 Å². The molecule has 1 N–H and O–H groups in total. The van der Waals surface area contributed by atoms with Gasteiger partial charge in [0.15, 0.2) is 5.65 Å². The van der Waals surface area contributed by atoms with Gasteiger partial charge in [0.1, 0.15) is 0 Å². The summed E-state index contributed by atoms with van der Waals surface area (Å²) in [4.78, 5) is 13.1. The first-order valence-electron chi connectivity index (χ1n) is 8.05. The fourth-order valence-corrected chi connectivity index (χ4v) is 2.84. The number of aromatic nitrogens is 5. The zero-order valence-corrected chi connectivity index (χ0v) is 14.0. The molecule has 0 saturated heterocycles. The predicted molar refractivity (Wildman–Crippen MR) is 96.5 cm³/mol. The van der Waals surface area contributed by atoms with E-state index >= 15 is 0 Å². The van der Waals surface area contributed by atoms with Crippen molar-refractivity contribution >= 4 is 22.5 Å². The van der Waals surface area contributed by atoms with Crippen LogP contribution in [0.15, 0.2) is 49.1 Å². The highest BCUT2D eigenvalue weighted by atomic mass is 16.5. The summed E-state index contributed by atoms with van der Waals surface area (Å²) in [6.45, 7) is 2.61. The number of hydrogen-bond acceptors (Lipinski definition) is 6. The molecule has 4 aromatic heterocycles. The maximum absolute atomic E-state index is 5.12. The lowest BCUT2D eigenvalue weighted by Gasteiger charge is -2.12. The summed E-state index contributed by atoms with van der Waals surface area (Å²) in [5.41, 5.74) is 3.72. The van der Waals surface area contributed by atoms with Gasteiger partial charge in [0, 0.05) is 48.3 Å². The number of fused-ring (bicyclic) bond motifs is 2. The lowest BCUT2D eigenvalue weighted by molar-refractivity contribution is 0.190. The van der Waals surface area contributed by atoms with Gasteiger partial charge in [0.25, 0.3) is 0 Å². The molecule has 0 aliphatic heterocycles. The van der Waals surface area contributed by atoms with E-state index in [1.807, 2.05) is 48.2 Å². The Morgan fingerprint density at radius 1 is 1.20 bits per heavy atom. The molecule has 0 aliphatic rings. The van der Waals surface area contributed by atoms with Crippen molar-refractivity contribution in [2.24, 2.45) is 0 Å². The maximum atomic E-state index is 5.12. The summed E-state index contributed by atoms with van der Waals surface area (Å²) in [5, 5.41) is 8.74. The Hall–Kier alpha value is -3.06. The fraction of sp³-hybridized carbons (Fsp3) is 0.222. The van der Waals surface area contributed by atoms with E-state index in [2.05, 4.69) is 31.4 Å². The van der Waals surface area contributed by atoms with Gasteiger partial charge in [-0.1, -0.05) is 0 Å². The Labute approximate surface area is 144 Å². The molecule has 0 saturated carbocycles. The molecule has 4 rings (SSSR count). The van der Waals surface area contributed by atoms with Crippen LogP contribution in [0.2, 0.25) is 0 Å². The second kappa shape index (κ2) is 6.45. The van der Waals surface area contributed by atoms with Crippen LogP contribution < -0.4 is 5.32 Å². The summed E-state index contributed by atoms with van der Waals surface area (Å²) in [6, 6.07) is 8.15. The summed E-state index contributed by atoms with van der Waals surface area (Å²) >= 11 is 0. The van der Waals surface area contributed by atoms with Crippen LogP contribution in [-0.2, 0) is 4.74 Å². The molecule has 0 radical (unpaired) electrons. The van der Waals surface area contributed by atoms with E-state index < -0.39 is 0 Å². The molecule has 7 heteroatoms. The summed E-state index contributed by atoms with van der Waals surface area (Å²) in [7, 11) is 1.67. The van der Waals surface area contributed by atoms with E-state index in [1.165, 1.54) is 0 Å². The third-order valence-electron chi connectivity index (χ3n) is 3.97. The molecule has 0 spiro atoms. The van der Waals surface area contributed by atoms with Gasteiger partial charge in [-0.15, -0.1) is 5.10 Å². The van der Waals surface area contributed by atoms with Gasteiger partial charge in [0.05, 0.1) is 18.3 Å². The SMILES string of the molecule is COC[C@@H](C)Nc1ncc2c(-c3cnc4ncccc4c3)ccn2n1. The molecule has 0 bridgehead atoms. The lowest BCUT2D eigenvalue weighted by Crippen LogP contribution is -2.22. The number of ether oxygens (including phenoxy) is 1. The van der Waals surface area contributed by atoms with Crippen LogP contribution in [0.3, 0.4) is 0 Å². The van der Waals surface area contributed by atoms with Gasteiger partial charge in [-0.2, -0.15) is 0 Å². The molecule has 0 unspecified atom stereocenters. The number of nitrogens with zero attached hydrogens (tertiary/aromatic N) is 5. The zero-order valence-electron chi connectivity index (χ0n) is 14.0. The second-order valence-corrected chi connectivity index (χ2v) is 5.92. The topological polar surface area (TPSA) is 77.2 Å². The largest absolute Gasteiger partial charge is 0.383 e. The molecular formula is C18H18N6O. The van der Waals surface area contributed by atoms with Crippen LogP contribution in [0, 0.1) is 0 Å². The standard InChI is InChI=1S/C18H18N6O/c1-12(11-25-2)22-18-21-10-16-15(5-7-24(16)23-18)14-8-13-4-3-6-19-17(13)20-9-14/h3-10,12H,11H2,1-2H3,(H,22,23)/t12-/m1/s1. The molecule has 0 fully saturated rings. The van der Waals surface area contributed by atoms with Gasteiger partial charge >= 0.3 is 0 Å². The number of anilines is 1. The molecule has 4 aromatic rings. The van der Waals surface area contributed by atoms with Crippen LogP contribution in [0.1, 0.15) is 6.92 Å². The molecule has 126 valence electrons. The number of pyridine rings is 2. The van der Waals surface area contributed by atoms with Crippen LogP contribution in [-0.4, -0.2) is 44.3 Å². The molecule has 0 aliphatic carbocycles. The van der Waals surface area contributed by atoms with Crippen LogP contribution >= 0.6 is 0 Å². The van der Waals surface area contributed by atoms with Crippen molar-refractivity contribution in [3.8, 4) is 11.1 Å². The smallest absolute Gasteiger partial charge is 0.241 e. The number of hydrogen-bond donors (Lipinski definition) is 1. The molecule has 1 atom stereocenters. The number of methoxy groups -OCH3 is 1. The van der Waals surface area contributed by atoms with Gasteiger partial charge < -0.3 is 10.1 Å². The Morgan fingerprint density at radius 2 is 2.12 bits per heavy atom. The van der Waals surface area contributed by atoms with Crippen LogP contribution in [0.25, 0.3) is 27.7 Å².